The Bertz CT molecular complexity index is 885. The highest BCUT2D eigenvalue weighted by Crippen LogP contribution is 2.47. The van der Waals surface area contributed by atoms with Crippen LogP contribution in [0.5, 0.6) is 0 Å². The second-order valence-corrected chi connectivity index (χ2v) is 13.4. The van der Waals surface area contributed by atoms with Crippen molar-refractivity contribution in [2.24, 2.45) is 17.3 Å². The van der Waals surface area contributed by atoms with Gasteiger partial charge in [-0.05, 0) is 100 Å². The molecule has 7 heteroatoms. The lowest BCUT2D eigenvalue weighted by Crippen LogP contribution is -2.47. The van der Waals surface area contributed by atoms with Crippen LogP contribution in [-0.2, 0) is 14.3 Å². The minimum atomic E-state index is -0.912. The van der Waals surface area contributed by atoms with Gasteiger partial charge in [0.05, 0.1) is 11.8 Å². The first-order valence-corrected chi connectivity index (χ1v) is 14.8. The van der Waals surface area contributed by atoms with Gasteiger partial charge in [0.25, 0.3) is 0 Å². The van der Waals surface area contributed by atoms with Crippen molar-refractivity contribution in [1.82, 2.24) is 0 Å². The number of carboxylic acid groups (broad SMARTS) is 1. The highest BCUT2D eigenvalue weighted by atomic mass is 32.1. The number of carbonyl (C=O) groups is 2. The summed E-state index contributed by atoms with van der Waals surface area (Å²) in [5, 5.41) is 10.2. The van der Waals surface area contributed by atoms with Crippen LogP contribution in [0, 0.1) is 17.3 Å². The molecule has 1 amide bonds. The van der Waals surface area contributed by atoms with Crippen molar-refractivity contribution in [2.75, 3.05) is 18.8 Å². The monoisotopic (exact) mass is 519 g/mol. The van der Waals surface area contributed by atoms with Crippen LogP contribution >= 0.6 is 11.3 Å². The molecule has 0 unspecified atom stereocenters. The van der Waals surface area contributed by atoms with E-state index >= 15 is 0 Å². The fourth-order valence-electron chi connectivity index (χ4n) is 6.45. The molecule has 1 aromatic rings. The van der Waals surface area contributed by atoms with Gasteiger partial charge in [0, 0.05) is 23.9 Å². The second kappa shape index (κ2) is 12.0. The number of carboxylic acids is 1. The van der Waals surface area contributed by atoms with E-state index in [-0.39, 0.29) is 30.8 Å². The lowest BCUT2D eigenvalue weighted by molar-refractivity contribution is -0.124. The highest BCUT2D eigenvalue weighted by Gasteiger charge is 2.38. The van der Waals surface area contributed by atoms with Crippen LogP contribution in [0.1, 0.15) is 118 Å². The summed E-state index contributed by atoms with van der Waals surface area (Å²) in [6.45, 7) is 7.19. The Labute approximate surface area is 220 Å². The molecular weight excluding hydrogens is 474 g/mol. The summed E-state index contributed by atoms with van der Waals surface area (Å²) in [5.74, 6) is 0.266. The van der Waals surface area contributed by atoms with Crippen LogP contribution in [0.25, 0.3) is 0 Å². The number of hydrogen-bond donors (Lipinski definition) is 1. The minimum Gasteiger partial charge on any atom is -0.477 e. The molecule has 1 aromatic heterocycles. The first-order chi connectivity index (χ1) is 17.2. The Morgan fingerprint density at radius 3 is 2.25 bits per heavy atom. The number of nitrogens with zero attached hydrogens (tertiary/aromatic N) is 1. The number of hydrogen-bond acceptors (Lipinski definition) is 5. The number of carbonyl (C=O) groups excluding carboxylic acids is 1. The van der Waals surface area contributed by atoms with Gasteiger partial charge >= 0.3 is 5.97 Å². The quantitative estimate of drug-likeness (QED) is 0.367. The van der Waals surface area contributed by atoms with E-state index in [1.54, 1.807) is 7.11 Å². The predicted octanol–water partition coefficient (Wildman–Crippen LogP) is 7.22. The van der Waals surface area contributed by atoms with Gasteiger partial charge in [-0.2, -0.15) is 0 Å². The van der Waals surface area contributed by atoms with Crippen LogP contribution in [0.4, 0.5) is 5.69 Å². The van der Waals surface area contributed by atoms with Gasteiger partial charge in [-0.15, -0.1) is 11.3 Å². The van der Waals surface area contributed by atoms with Crippen molar-refractivity contribution in [3.05, 3.63) is 15.8 Å². The van der Waals surface area contributed by atoms with Gasteiger partial charge in [-0.1, -0.05) is 20.8 Å². The Morgan fingerprint density at radius 2 is 1.67 bits per heavy atom. The third kappa shape index (κ3) is 6.51. The maximum Gasteiger partial charge on any atom is 0.348 e. The zero-order chi connectivity index (χ0) is 25.9. The molecule has 0 aliphatic heterocycles. The lowest BCUT2D eigenvalue weighted by Gasteiger charge is -2.39. The van der Waals surface area contributed by atoms with Crippen molar-refractivity contribution in [1.29, 1.82) is 0 Å². The van der Waals surface area contributed by atoms with E-state index in [2.05, 4.69) is 26.8 Å². The van der Waals surface area contributed by atoms with Crippen molar-refractivity contribution in [3.63, 3.8) is 0 Å². The molecule has 0 atom stereocenters. The third-order valence-corrected chi connectivity index (χ3v) is 10.2. The van der Waals surface area contributed by atoms with Crippen LogP contribution in [-0.4, -0.2) is 43.0 Å². The first-order valence-electron chi connectivity index (χ1n) is 14.0. The molecule has 6 nitrogen and oxygen atoms in total. The molecule has 3 aliphatic rings. The van der Waals surface area contributed by atoms with E-state index in [1.807, 2.05) is 4.90 Å². The Hall–Kier alpha value is -1.44. The van der Waals surface area contributed by atoms with Gasteiger partial charge in [0.1, 0.15) is 11.7 Å². The molecule has 0 radical (unpaired) electrons. The SMILES string of the molecule is COCOC1CCC(N(C(=O)C2CCC(C)CC2)c2cc(C3CCC(C)(C)CC3)sc2C(=O)O)CC1. The van der Waals surface area contributed by atoms with Gasteiger partial charge in [0.2, 0.25) is 5.91 Å². The van der Waals surface area contributed by atoms with E-state index in [0.717, 1.165) is 81.9 Å². The molecule has 0 spiro atoms. The van der Waals surface area contributed by atoms with Crippen molar-refractivity contribution in [2.45, 2.75) is 116 Å². The molecule has 3 saturated carbocycles. The summed E-state index contributed by atoms with van der Waals surface area (Å²) < 4.78 is 10.9. The van der Waals surface area contributed by atoms with Crippen LogP contribution < -0.4 is 4.90 Å². The Kier molecular flexibility index (Phi) is 9.16. The third-order valence-electron chi connectivity index (χ3n) is 8.96. The van der Waals surface area contributed by atoms with Crippen molar-refractivity contribution < 1.29 is 24.2 Å². The number of ether oxygens (including phenoxy) is 2. The first kappa shape index (κ1) is 27.6. The Morgan fingerprint density at radius 1 is 1.03 bits per heavy atom. The zero-order valence-electron chi connectivity index (χ0n) is 22.6. The van der Waals surface area contributed by atoms with Gasteiger partial charge in [-0.3, -0.25) is 4.79 Å². The lowest BCUT2D eigenvalue weighted by atomic mass is 9.73. The van der Waals surface area contributed by atoms with E-state index in [1.165, 1.54) is 11.3 Å². The van der Waals surface area contributed by atoms with Gasteiger partial charge in [-0.25, -0.2) is 4.79 Å². The van der Waals surface area contributed by atoms with Crippen molar-refractivity contribution >= 4 is 28.9 Å². The summed E-state index contributed by atoms with van der Waals surface area (Å²) in [5.41, 5.74) is 1.01. The zero-order valence-corrected chi connectivity index (χ0v) is 23.4. The number of aromatic carboxylic acids is 1. The maximum atomic E-state index is 14.1. The average molecular weight is 520 g/mol. The molecular formula is C29H45NO5S. The van der Waals surface area contributed by atoms with Crippen LogP contribution in [0.3, 0.4) is 0 Å². The molecule has 0 aromatic carbocycles. The molecule has 3 aliphatic carbocycles. The van der Waals surface area contributed by atoms with E-state index in [0.29, 0.717) is 27.8 Å². The highest BCUT2D eigenvalue weighted by molar-refractivity contribution is 7.14. The number of thiophene rings is 1. The summed E-state index contributed by atoms with van der Waals surface area (Å²) in [7, 11) is 1.63. The molecule has 202 valence electrons. The molecule has 0 bridgehead atoms. The van der Waals surface area contributed by atoms with E-state index < -0.39 is 5.97 Å². The van der Waals surface area contributed by atoms with Gasteiger partial charge < -0.3 is 19.5 Å². The topological polar surface area (TPSA) is 76.1 Å². The normalized spacial score (nSPS) is 29.1. The number of anilines is 1. The summed E-state index contributed by atoms with van der Waals surface area (Å²) >= 11 is 1.41. The van der Waals surface area contributed by atoms with E-state index in [9.17, 15) is 14.7 Å². The molecule has 36 heavy (non-hydrogen) atoms. The van der Waals surface area contributed by atoms with Crippen molar-refractivity contribution in [3.8, 4) is 0 Å². The molecule has 1 N–H and O–H groups in total. The fourth-order valence-corrected chi connectivity index (χ4v) is 7.61. The summed E-state index contributed by atoms with van der Waals surface area (Å²) in [4.78, 5) is 30.0. The van der Waals surface area contributed by atoms with Crippen LogP contribution in [0.15, 0.2) is 6.07 Å². The average Bonchev–Trinajstić information content (AvgIpc) is 3.29. The molecule has 1 heterocycles. The number of methoxy groups -OCH3 is 1. The second-order valence-electron chi connectivity index (χ2n) is 12.3. The molecule has 4 rings (SSSR count). The minimum absolute atomic E-state index is 0.0101. The maximum absolute atomic E-state index is 14.1. The summed E-state index contributed by atoms with van der Waals surface area (Å²) in [6.07, 6.45) is 11.9. The largest absolute Gasteiger partial charge is 0.477 e. The smallest absolute Gasteiger partial charge is 0.348 e. The van der Waals surface area contributed by atoms with Gasteiger partial charge in [0.15, 0.2) is 0 Å². The van der Waals surface area contributed by atoms with E-state index in [4.69, 9.17) is 9.47 Å². The number of amides is 1. The summed E-state index contributed by atoms with van der Waals surface area (Å²) in [6, 6.07) is 2.10. The van der Waals surface area contributed by atoms with Crippen LogP contribution in [0.2, 0.25) is 0 Å². The fraction of sp³-hybridized carbons (Fsp3) is 0.793. The standard InChI is InChI=1S/C29H45NO5S/c1-19-5-7-21(8-6-19)27(31)30(22-9-11-23(12-10-22)35-18-34-4)24-17-25(36-26(24)28(32)33)20-13-15-29(2,3)16-14-20/h17,19-23H,5-16,18H2,1-4H3,(H,32,33). The Balaban J connectivity index is 1.61. The molecule has 3 fully saturated rings. The predicted molar refractivity (Wildman–Crippen MR) is 144 cm³/mol. The molecule has 0 saturated heterocycles. The number of rotatable bonds is 8.